The van der Waals surface area contributed by atoms with Crippen LogP contribution in [0.3, 0.4) is 0 Å². The van der Waals surface area contributed by atoms with Gasteiger partial charge in [0.15, 0.2) is 0 Å². The van der Waals surface area contributed by atoms with Crippen LogP contribution in [0.4, 0.5) is 0 Å². The minimum atomic E-state index is 0.751. The fourth-order valence-corrected chi connectivity index (χ4v) is 1.45. The largest absolute Gasteiger partial charge is 0.311 e. The van der Waals surface area contributed by atoms with Crippen molar-refractivity contribution in [3.8, 4) is 0 Å². The molecule has 16 heavy (non-hydrogen) atoms. The molecule has 0 unspecified atom stereocenters. The Kier molecular flexibility index (Phi) is 3.61. The normalized spacial score (nSPS) is 10.6. The maximum atomic E-state index is 4.30. The average molecular weight is 217 g/mol. The van der Waals surface area contributed by atoms with E-state index in [0.717, 1.165) is 30.9 Å². The summed E-state index contributed by atoms with van der Waals surface area (Å²) >= 11 is 0. The van der Waals surface area contributed by atoms with Gasteiger partial charge in [-0.3, -0.25) is 14.6 Å². The molecule has 1 N–H and O–H groups in total. The van der Waals surface area contributed by atoms with Crippen LogP contribution in [0.25, 0.3) is 0 Å². The predicted octanol–water partition coefficient (Wildman–Crippen LogP) is 0.542. The van der Waals surface area contributed by atoms with Gasteiger partial charge in [-0.25, -0.2) is 0 Å². The summed E-state index contributed by atoms with van der Waals surface area (Å²) in [7, 11) is 1.93. The molecule has 0 saturated heterocycles. The number of hydrogen-bond acceptors (Lipinski definition) is 4. The second-order valence-corrected chi connectivity index (χ2v) is 3.60. The van der Waals surface area contributed by atoms with Gasteiger partial charge in [-0.05, 0) is 6.07 Å². The molecule has 0 radical (unpaired) electrons. The lowest BCUT2D eigenvalue weighted by Gasteiger charge is -2.01. The molecule has 0 fully saturated rings. The fourth-order valence-electron chi connectivity index (χ4n) is 1.45. The maximum absolute atomic E-state index is 4.30. The highest BCUT2D eigenvalue weighted by Gasteiger charge is 1.97. The van der Waals surface area contributed by atoms with Crippen molar-refractivity contribution < 1.29 is 0 Å². The van der Waals surface area contributed by atoms with E-state index in [0.29, 0.717) is 0 Å². The van der Waals surface area contributed by atoms with Gasteiger partial charge >= 0.3 is 0 Å². The Morgan fingerprint density at radius 1 is 1.31 bits per heavy atom. The zero-order chi connectivity index (χ0) is 11.2. The van der Waals surface area contributed by atoms with Gasteiger partial charge in [-0.2, -0.15) is 5.10 Å². The Hall–Kier alpha value is -1.75. The summed E-state index contributed by atoms with van der Waals surface area (Å²) < 4.78 is 1.82. The second-order valence-electron chi connectivity index (χ2n) is 3.60. The lowest BCUT2D eigenvalue weighted by atomic mass is 10.3. The Morgan fingerprint density at radius 3 is 2.94 bits per heavy atom. The molecule has 0 amide bonds. The third-order valence-corrected chi connectivity index (χ3v) is 2.25. The molecule has 0 aromatic carbocycles. The van der Waals surface area contributed by atoms with Crippen LogP contribution in [-0.2, 0) is 20.0 Å². The van der Waals surface area contributed by atoms with Crippen LogP contribution in [0.15, 0.2) is 30.9 Å². The van der Waals surface area contributed by atoms with E-state index in [2.05, 4.69) is 20.4 Å². The third kappa shape index (κ3) is 3.13. The molecule has 0 aliphatic rings. The van der Waals surface area contributed by atoms with Crippen LogP contribution >= 0.6 is 0 Å². The Labute approximate surface area is 94.5 Å². The first-order chi connectivity index (χ1) is 7.84. The van der Waals surface area contributed by atoms with Gasteiger partial charge in [-0.1, -0.05) is 0 Å². The SMILES string of the molecule is Cn1ccc(CCNCc2cnccn2)n1. The molecule has 2 rings (SSSR count). The summed E-state index contributed by atoms with van der Waals surface area (Å²) in [6, 6.07) is 2.03. The molecule has 0 spiro atoms. The molecule has 84 valence electrons. The van der Waals surface area contributed by atoms with Crippen LogP contribution in [0.5, 0.6) is 0 Å². The second kappa shape index (κ2) is 5.37. The zero-order valence-corrected chi connectivity index (χ0v) is 9.30. The molecular weight excluding hydrogens is 202 g/mol. The van der Waals surface area contributed by atoms with Crippen LogP contribution in [0.2, 0.25) is 0 Å². The van der Waals surface area contributed by atoms with Crippen LogP contribution < -0.4 is 5.32 Å². The van der Waals surface area contributed by atoms with Crippen molar-refractivity contribution in [2.45, 2.75) is 13.0 Å². The quantitative estimate of drug-likeness (QED) is 0.743. The highest BCUT2D eigenvalue weighted by Crippen LogP contribution is 1.94. The molecule has 0 bridgehead atoms. The van der Waals surface area contributed by atoms with Gasteiger partial charge in [0, 0.05) is 51.3 Å². The van der Waals surface area contributed by atoms with E-state index in [4.69, 9.17) is 0 Å². The number of nitrogens with zero attached hydrogens (tertiary/aromatic N) is 4. The van der Waals surface area contributed by atoms with Crippen LogP contribution in [-0.4, -0.2) is 26.3 Å². The van der Waals surface area contributed by atoms with E-state index in [1.165, 1.54) is 0 Å². The summed E-state index contributed by atoms with van der Waals surface area (Å²) in [6.07, 6.45) is 8.04. The fraction of sp³-hybridized carbons (Fsp3) is 0.364. The highest BCUT2D eigenvalue weighted by molar-refractivity contribution is 4.99. The third-order valence-electron chi connectivity index (χ3n) is 2.25. The molecular formula is C11H15N5. The number of rotatable bonds is 5. The average Bonchev–Trinajstić information content (AvgIpc) is 2.72. The van der Waals surface area contributed by atoms with Gasteiger partial charge in [0.25, 0.3) is 0 Å². The standard InChI is InChI=1S/C11H15N5/c1-16-7-3-10(15-16)2-4-12-8-11-9-13-5-6-14-11/h3,5-7,9,12H,2,4,8H2,1H3. The predicted molar refractivity (Wildman–Crippen MR) is 60.7 cm³/mol. The first-order valence-corrected chi connectivity index (χ1v) is 5.29. The Balaban J connectivity index is 1.69. The number of nitrogens with one attached hydrogen (secondary N) is 1. The lowest BCUT2D eigenvalue weighted by Crippen LogP contribution is -2.17. The molecule has 2 aromatic heterocycles. The number of hydrogen-bond donors (Lipinski definition) is 1. The lowest BCUT2D eigenvalue weighted by molar-refractivity contribution is 0.655. The Morgan fingerprint density at radius 2 is 2.25 bits per heavy atom. The molecule has 0 aliphatic heterocycles. The summed E-state index contributed by atoms with van der Waals surface area (Å²) in [6.45, 7) is 1.65. The van der Waals surface area contributed by atoms with E-state index >= 15 is 0 Å². The summed E-state index contributed by atoms with van der Waals surface area (Å²) in [4.78, 5) is 8.19. The van der Waals surface area contributed by atoms with Crippen LogP contribution in [0.1, 0.15) is 11.4 Å². The summed E-state index contributed by atoms with van der Waals surface area (Å²) in [5.41, 5.74) is 2.07. The molecule has 0 aliphatic carbocycles. The molecule has 2 heterocycles. The molecule has 0 atom stereocenters. The molecule has 0 saturated carbocycles. The highest BCUT2D eigenvalue weighted by atomic mass is 15.2. The van der Waals surface area contributed by atoms with Crippen molar-refractivity contribution >= 4 is 0 Å². The Bertz CT molecular complexity index is 423. The minimum Gasteiger partial charge on any atom is -0.311 e. The smallest absolute Gasteiger partial charge is 0.0724 e. The van der Waals surface area contributed by atoms with Gasteiger partial charge in [0.2, 0.25) is 0 Å². The number of aryl methyl sites for hydroxylation is 1. The van der Waals surface area contributed by atoms with Crippen molar-refractivity contribution in [2.24, 2.45) is 7.05 Å². The first kappa shape index (κ1) is 10.8. The monoisotopic (exact) mass is 217 g/mol. The van der Waals surface area contributed by atoms with Gasteiger partial charge in [0.1, 0.15) is 0 Å². The van der Waals surface area contributed by atoms with Crippen molar-refractivity contribution in [2.75, 3.05) is 6.54 Å². The van der Waals surface area contributed by atoms with Crippen molar-refractivity contribution in [3.05, 3.63) is 42.2 Å². The van der Waals surface area contributed by atoms with Crippen molar-refractivity contribution in [1.82, 2.24) is 25.1 Å². The van der Waals surface area contributed by atoms with Gasteiger partial charge in [0.05, 0.1) is 11.4 Å². The van der Waals surface area contributed by atoms with E-state index < -0.39 is 0 Å². The summed E-state index contributed by atoms with van der Waals surface area (Å²) in [5, 5.41) is 7.61. The van der Waals surface area contributed by atoms with Gasteiger partial charge in [-0.15, -0.1) is 0 Å². The van der Waals surface area contributed by atoms with E-state index in [1.54, 1.807) is 18.6 Å². The molecule has 5 nitrogen and oxygen atoms in total. The first-order valence-electron chi connectivity index (χ1n) is 5.29. The van der Waals surface area contributed by atoms with Gasteiger partial charge < -0.3 is 5.32 Å². The summed E-state index contributed by atoms with van der Waals surface area (Å²) in [5.74, 6) is 0. The van der Waals surface area contributed by atoms with E-state index in [1.807, 2.05) is 24.0 Å². The van der Waals surface area contributed by atoms with E-state index in [-0.39, 0.29) is 0 Å². The molecule has 2 aromatic rings. The van der Waals surface area contributed by atoms with E-state index in [9.17, 15) is 0 Å². The number of aromatic nitrogens is 4. The van der Waals surface area contributed by atoms with Crippen molar-refractivity contribution in [3.63, 3.8) is 0 Å². The maximum Gasteiger partial charge on any atom is 0.0724 e. The topological polar surface area (TPSA) is 55.6 Å². The molecule has 5 heteroatoms. The van der Waals surface area contributed by atoms with Crippen molar-refractivity contribution in [1.29, 1.82) is 0 Å². The van der Waals surface area contributed by atoms with Crippen LogP contribution in [0, 0.1) is 0 Å². The zero-order valence-electron chi connectivity index (χ0n) is 9.30. The minimum absolute atomic E-state index is 0.751.